The second kappa shape index (κ2) is 11.1. The fourth-order valence-corrected chi connectivity index (χ4v) is 6.52. The van der Waals surface area contributed by atoms with Crippen LogP contribution in [0.15, 0.2) is 48.4 Å². The maximum absolute atomic E-state index is 16.5. The number of pyridine rings is 1. The molecular formula is C29H24ClF5N6O2S. The lowest BCUT2D eigenvalue weighted by Gasteiger charge is -2.36. The van der Waals surface area contributed by atoms with Gasteiger partial charge in [0, 0.05) is 61.9 Å². The third-order valence-electron chi connectivity index (χ3n) is 7.56. The molecule has 4 heterocycles. The number of amides is 1. The number of thiazole rings is 1. The Morgan fingerprint density at radius 1 is 1.16 bits per heavy atom. The van der Waals surface area contributed by atoms with E-state index in [1.807, 2.05) is 4.90 Å². The number of fused-ring (bicyclic) bond motifs is 2. The Morgan fingerprint density at radius 3 is 2.55 bits per heavy atom. The normalized spacial score (nSPS) is 16.6. The second-order valence-electron chi connectivity index (χ2n) is 10.5. The number of alkyl halides is 2. The fourth-order valence-electron chi connectivity index (χ4n) is 5.47. The smallest absolute Gasteiger partial charge is 0.285 e. The van der Waals surface area contributed by atoms with Crippen molar-refractivity contribution >= 4 is 60.8 Å². The van der Waals surface area contributed by atoms with Gasteiger partial charge in [0.1, 0.15) is 17.9 Å². The number of rotatable bonds is 6. The first kappa shape index (κ1) is 29.9. The number of aromatic nitrogens is 2. The molecular weight excluding hydrogens is 627 g/mol. The van der Waals surface area contributed by atoms with E-state index in [1.165, 1.54) is 41.1 Å². The van der Waals surface area contributed by atoms with Gasteiger partial charge in [0.2, 0.25) is 5.88 Å². The molecule has 1 amide bonds. The number of hydrogen-bond donors (Lipinski definition) is 1. The largest absolute Gasteiger partial charge is 0.471 e. The van der Waals surface area contributed by atoms with Crippen LogP contribution in [0.4, 0.5) is 32.8 Å². The highest BCUT2D eigenvalue weighted by Crippen LogP contribution is 2.43. The number of halogens is 6. The number of anilines is 2. The van der Waals surface area contributed by atoms with Gasteiger partial charge in [0.15, 0.2) is 16.8 Å². The van der Waals surface area contributed by atoms with Crippen LogP contribution in [-0.2, 0) is 4.79 Å². The topological polar surface area (TPSA) is 87.8 Å². The predicted molar refractivity (Wildman–Crippen MR) is 160 cm³/mol. The van der Waals surface area contributed by atoms with E-state index in [-0.39, 0.29) is 81.4 Å². The van der Waals surface area contributed by atoms with Crippen molar-refractivity contribution < 1.29 is 31.5 Å². The summed E-state index contributed by atoms with van der Waals surface area (Å²) in [5, 5.41) is 0.386. The molecule has 230 valence electrons. The van der Waals surface area contributed by atoms with E-state index in [4.69, 9.17) is 22.1 Å². The van der Waals surface area contributed by atoms with Crippen molar-refractivity contribution in [3.63, 3.8) is 0 Å². The summed E-state index contributed by atoms with van der Waals surface area (Å²) in [5.74, 6) is -6.37. The minimum atomic E-state index is -3.02. The van der Waals surface area contributed by atoms with Crippen molar-refractivity contribution in [3.05, 3.63) is 65.1 Å². The molecule has 0 radical (unpaired) electrons. The van der Waals surface area contributed by atoms with Gasteiger partial charge in [-0.15, -0.1) is 0 Å². The van der Waals surface area contributed by atoms with Gasteiger partial charge in [-0.25, -0.2) is 23.1 Å². The molecule has 0 bridgehead atoms. The van der Waals surface area contributed by atoms with Crippen molar-refractivity contribution in [3.8, 4) is 17.0 Å². The summed E-state index contributed by atoms with van der Waals surface area (Å²) in [4.78, 5) is 25.2. The number of ether oxygens (including phenoxy) is 1. The Bertz CT molecular complexity index is 1870. The zero-order valence-electron chi connectivity index (χ0n) is 23.1. The highest BCUT2D eigenvalue weighted by Gasteiger charge is 2.36. The Hall–Kier alpha value is -4.17. The second-order valence-corrected chi connectivity index (χ2v) is 11.9. The van der Waals surface area contributed by atoms with Crippen LogP contribution in [0, 0.1) is 11.6 Å². The van der Waals surface area contributed by atoms with Crippen molar-refractivity contribution in [2.24, 2.45) is 0 Å². The van der Waals surface area contributed by atoms with E-state index >= 15 is 4.39 Å². The first-order valence-electron chi connectivity index (χ1n) is 13.3. The molecule has 2 aliphatic rings. The molecule has 0 atom stereocenters. The molecule has 1 fully saturated rings. The van der Waals surface area contributed by atoms with Crippen LogP contribution in [-0.4, -0.2) is 78.0 Å². The van der Waals surface area contributed by atoms with Gasteiger partial charge in [-0.3, -0.25) is 4.79 Å². The molecule has 0 unspecified atom stereocenters. The number of nitrogens with two attached hydrogens (primary N) is 1. The maximum Gasteiger partial charge on any atom is 0.285 e. The molecule has 2 aromatic carbocycles. The first-order chi connectivity index (χ1) is 20.8. The number of likely N-dealkylation sites (N-methyl/N-ethyl adjacent to an activating group) is 1. The van der Waals surface area contributed by atoms with Gasteiger partial charge in [0.25, 0.3) is 11.8 Å². The van der Waals surface area contributed by atoms with Crippen LogP contribution in [0.2, 0.25) is 5.02 Å². The van der Waals surface area contributed by atoms with E-state index in [2.05, 4.69) is 16.5 Å². The molecule has 6 rings (SSSR count). The molecule has 2 aliphatic heterocycles. The summed E-state index contributed by atoms with van der Waals surface area (Å²) >= 11 is 7.59. The standard InChI is InChI=1S/C29H24ClF5N6O2S/c1-14(31)27(42)41-7-5-40(6-8-41)20-10-21(43-12-15-11-29(34,35)13-39(15)2)37-24-17(20)9-18(30)22(23(24)33)16-3-4-19(32)26-25(16)38-28(36)44-26/h3-4,9-11H,1,5-8,12-13H2,2H3,(H2,36,38). The van der Waals surface area contributed by atoms with Gasteiger partial charge in [-0.1, -0.05) is 29.5 Å². The Balaban J connectivity index is 1.46. The van der Waals surface area contributed by atoms with E-state index in [1.54, 1.807) is 0 Å². The Morgan fingerprint density at radius 2 is 1.89 bits per heavy atom. The number of carbonyl (C=O) groups excluding carboxylic acids is 1. The lowest BCUT2D eigenvalue weighted by Crippen LogP contribution is -2.49. The molecule has 1 saturated heterocycles. The third-order valence-corrected chi connectivity index (χ3v) is 8.75. The number of hydrogen-bond acceptors (Lipinski definition) is 8. The first-order valence-corrected chi connectivity index (χ1v) is 14.5. The lowest BCUT2D eigenvalue weighted by atomic mass is 10.00. The average Bonchev–Trinajstić information content (AvgIpc) is 3.50. The zero-order valence-corrected chi connectivity index (χ0v) is 24.7. The highest BCUT2D eigenvalue weighted by molar-refractivity contribution is 7.22. The number of nitrogen functional groups attached to an aromatic ring is 1. The number of piperazine rings is 1. The molecule has 0 aliphatic carbocycles. The summed E-state index contributed by atoms with van der Waals surface area (Å²) in [5.41, 5.74) is 6.60. The van der Waals surface area contributed by atoms with Crippen molar-refractivity contribution in [2.45, 2.75) is 5.92 Å². The molecule has 2 aromatic heterocycles. The minimum Gasteiger partial charge on any atom is -0.471 e. The fraction of sp³-hybridized carbons (Fsp3) is 0.276. The van der Waals surface area contributed by atoms with Gasteiger partial charge >= 0.3 is 0 Å². The highest BCUT2D eigenvalue weighted by atomic mass is 35.5. The number of nitrogens with zero attached hydrogens (tertiary/aromatic N) is 5. The van der Waals surface area contributed by atoms with Crippen LogP contribution in [0.5, 0.6) is 5.88 Å². The zero-order chi connectivity index (χ0) is 31.5. The van der Waals surface area contributed by atoms with Crippen molar-refractivity contribution in [1.82, 2.24) is 19.8 Å². The Labute approximate surface area is 256 Å². The molecule has 2 N–H and O–H groups in total. The minimum absolute atomic E-state index is 0.00583. The van der Waals surface area contributed by atoms with Crippen LogP contribution >= 0.6 is 22.9 Å². The van der Waals surface area contributed by atoms with E-state index in [9.17, 15) is 22.4 Å². The summed E-state index contributed by atoms with van der Waals surface area (Å²) in [7, 11) is 1.50. The maximum atomic E-state index is 16.5. The number of benzene rings is 2. The van der Waals surface area contributed by atoms with Crippen LogP contribution in [0.3, 0.4) is 0 Å². The van der Waals surface area contributed by atoms with Crippen molar-refractivity contribution in [2.75, 3.05) is 57.0 Å². The average molecular weight is 651 g/mol. The van der Waals surface area contributed by atoms with Gasteiger partial charge in [0.05, 0.1) is 33.2 Å². The lowest BCUT2D eigenvalue weighted by molar-refractivity contribution is -0.128. The van der Waals surface area contributed by atoms with E-state index in [0.717, 1.165) is 17.4 Å². The molecule has 15 heteroatoms. The van der Waals surface area contributed by atoms with Crippen LogP contribution in [0.25, 0.3) is 32.2 Å². The SMILES string of the molecule is C=C(F)C(=O)N1CCN(c2cc(OCC3=CC(F)(F)CN3C)nc3c(F)c(-c4ccc(F)c5sc(N)nc45)c(Cl)cc23)CC1. The summed E-state index contributed by atoms with van der Waals surface area (Å²) in [6.07, 6.45) is 0.807. The van der Waals surface area contributed by atoms with Crippen molar-refractivity contribution in [1.29, 1.82) is 0 Å². The molecule has 8 nitrogen and oxygen atoms in total. The molecule has 4 aromatic rings. The predicted octanol–water partition coefficient (Wildman–Crippen LogP) is 6.00. The van der Waals surface area contributed by atoms with E-state index < -0.39 is 35.8 Å². The molecule has 0 saturated carbocycles. The molecule has 0 spiro atoms. The summed E-state index contributed by atoms with van der Waals surface area (Å²) in [6, 6.07) is 5.57. The molecule has 44 heavy (non-hydrogen) atoms. The quantitative estimate of drug-likeness (QED) is 0.202. The van der Waals surface area contributed by atoms with Gasteiger partial charge < -0.3 is 25.2 Å². The van der Waals surface area contributed by atoms with Crippen LogP contribution in [0.1, 0.15) is 0 Å². The monoisotopic (exact) mass is 650 g/mol. The number of carbonyl (C=O) groups is 1. The summed E-state index contributed by atoms with van der Waals surface area (Å²) in [6.45, 7) is 3.11. The third kappa shape index (κ3) is 5.36. The van der Waals surface area contributed by atoms with E-state index in [0.29, 0.717) is 11.1 Å². The van der Waals surface area contributed by atoms with Gasteiger partial charge in [-0.05, 0) is 18.2 Å². The van der Waals surface area contributed by atoms with Gasteiger partial charge in [-0.2, -0.15) is 8.78 Å². The Kier molecular flexibility index (Phi) is 7.52. The summed E-state index contributed by atoms with van der Waals surface area (Å²) < 4.78 is 78.3. The van der Waals surface area contributed by atoms with Crippen LogP contribution < -0.4 is 15.4 Å².